The van der Waals surface area contributed by atoms with Gasteiger partial charge in [0.1, 0.15) is 0 Å². The van der Waals surface area contributed by atoms with Crippen molar-refractivity contribution in [2.45, 2.75) is 32.7 Å². The van der Waals surface area contributed by atoms with Crippen molar-refractivity contribution in [3.8, 4) is 0 Å². The highest BCUT2D eigenvalue weighted by Crippen LogP contribution is 2.36. The number of guanidine groups is 1. The number of likely N-dealkylation sites (tertiary alicyclic amines) is 1. The number of rotatable bonds is 4. The molecule has 3 aliphatic rings. The second kappa shape index (κ2) is 8.25. The van der Waals surface area contributed by atoms with E-state index in [1.54, 1.807) is 0 Å². The first kappa shape index (κ1) is 18.8. The summed E-state index contributed by atoms with van der Waals surface area (Å²) in [7, 11) is 0. The molecule has 6 heteroatoms. The minimum absolute atomic E-state index is 0.0776. The van der Waals surface area contributed by atoms with E-state index in [0.717, 1.165) is 58.1 Å². The first-order valence-corrected chi connectivity index (χ1v) is 10.5. The molecule has 1 atom stereocenters. The largest absolute Gasteiger partial charge is 0.364 e. The molecule has 0 aliphatic carbocycles. The smallest absolute Gasteiger partial charge is 0.220 e. The van der Waals surface area contributed by atoms with E-state index in [9.17, 15) is 4.79 Å². The van der Waals surface area contributed by atoms with Crippen molar-refractivity contribution in [2.24, 2.45) is 10.4 Å². The number of amides is 1. The number of nitrogens with zero attached hydrogens (tertiary/aromatic N) is 3. The zero-order chi connectivity index (χ0) is 19.4. The van der Waals surface area contributed by atoms with Gasteiger partial charge in [-0.2, -0.15) is 0 Å². The second-order valence-corrected chi connectivity index (χ2v) is 8.20. The number of hydrogen-bond acceptors (Lipinski definition) is 3. The minimum Gasteiger partial charge on any atom is -0.364 e. The summed E-state index contributed by atoms with van der Waals surface area (Å²) in [6.07, 6.45) is 7.30. The van der Waals surface area contributed by atoms with E-state index in [4.69, 9.17) is 4.99 Å². The summed E-state index contributed by atoms with van der Waals surface area (Å²) in [5, 5.41) is 6.49. The Morgan fingerprint density at radius 2 is 2.18 bits per heavy atom. The quantitative estimate of drug-likeness (QED) is 0.477. The fourth-order valence-electron chi connectivity index (χ4n) is 4.56. The summed E-state index contributed by atoms with van der Waals surface area (Å²) in [5.74, 6) is 1.16. The highest BCUT2D eigenvalue weighted by molar-refractivity contribution is 5.81. The molecule has 1 spiro atoms. The summed E-state index contributed by atoms with van der Waals surface area (Å²) in [6.45, 7) is 8.29. The highest BCUT2D eigenvalue weighted by Gasteiger charge is 2.42. The van der Waals surface area contributed by atoms with Gasteiger partial charge in [-0.25, -0.2) is 4.99 Å². The molecule has 0 bridgehead atoms. The maximum Gasteiger partial charge on any atom is 0.220 e. The normalized spacial score (nSPS) is 24.9. The standard InChI is InChI=1S/C22H31N5O/c1-2-23-21(27-12-6-9-22(17-27)14-20(28)25-16-22)24-15-18-7-5-8-19(13-18)26-10-3-4-11-26/h3-5,7-8,13H,2,6,9-12,14-17H2,1H3,(H,23,24)(H,25,28). The van der Waals surface area contributed by atoms with E-state index in [2.05, 4.69) is 63.8 Å². The van der Waals surface area contributed by atoms with Crippen LogP contribution in [0.3, 0.4) is 0 Å². The van der Waals surface area contributed by atoms with Gasteiger partial charge in [0.25, 0.3) is 0 Å². The Labute approximate surface area is 167 Å². The lowest BCUT2D eigenvalue weighted by molar-refractivity contribution is -0.119. The molecule has 2 saturated heterocycles. The lowest BCUT2D eigenvalue weighted by Crippen LogP contribution is -2.51. The van der Waals surface area contributed by atoms with Crippen molar-refractivity contribution < 1.29 is 4.79 Å². The van der Waals surface area contributed by atoms with Crippen LogP contribution in [-0.4, -0.2) is 56.0 Å². The van der Waals surface area contributed by atoms with E-state index >= 15 is 0 Å². The lowest BCUT2D eigenvalue weighted by Gasteiger charge is -2.40. The van der Waals surface area contributed by atoms with Crippen molar-refractivity contribution in [1.29, 1.82) is 0 Å². The van der Waals surface area contributed by atoms with Crippen LogP contribution in [0, 0.1) is 5.41 Å². The van der Waals surface area contributed by atoms with Crippen LogP contribution in [0.2, 0.25) is 0 Å². The average molecular weight is 382 g/mol. The lowest BCUT2D eigenvalue weighted by atomic mass is 9.79. The van der Waals surface area contributed by atoms with Crippen LogP contribution in [0.25, 0.3) is 0 Å². The van der Waals surface area contributed by atoms with E-state index in [1.165, 1.54) is 11.3 Å². The van der Waals surface area contributed by atoms with Gasteiger partial charge in [0, 0.05) is 56.8 Å². The van der Waals surface area contributed by atoms with Gasteiger partial charge in [0.2, 0.25) is 5.91 Å². The fourth-order valence-corrected chi connectivity index (χ4v) is 4.56. The molecular weight excluding hydrogens is 350 g/mol. The monoisotopic (exact) mass is 381 g/mol. The molecule has 1 aromatic carbocycles. The molecule has 1 amide bonds. The van der Waals surface area contributed by atoms with Crippen molar-refractivity contribution in [3.63, 3.8) is 0 Å². The molecule has 28 heavy (non-hydrogen) atoms. The van der Waals surface area contributed by atoms with Gasteiger partial charge in [-0.1, -0.05) is 24.3 Å². The van der Waals surface area contributed by atoms with Gasteiger partial charge < -0.3 is 20.4 Å². The Bertz CT molecular complexity index is 766. The predicted molar refractivity (Wildman–Crippen MR) is 113 cm³/mol. The van der Waals surface area contributed by atoms with Gasteiger partial charge in [-0.15, -0.1) is 0 Å². The van der Waals surface area contributed by atoms with Crippen LogP contribution in [0.5, 0.6) is 0 Å². The second-order valence-electron chi connectivity index (χ2n) is 8.20. The van der Waals surface area contributed by atoms with E-state index < -0.39 is 0 Å². The summed E-state index contributed by atoms with van der Waals surface area (Å²) in [4.78, 5) is 21.4. The summed E-state index contributed by atoms with van der Waals surface area (Å²) in [5.41, 5.74) is 2.56. The van der Waals surface area contributed by atoms with Crippen LogP contribution >= 0.6 is 0 Å². The zero-order valence-corrected chi connectivity index (χ0v) is 16.8. The highest BCUT2D eigenvalue weighted by atomic mass is 16.1. The molecule has 2 N–H and O–H groups in total. The molecule has 150 valence electrons. The van der Waals surface area contributed by atoms with Crippen molar-refractivity contribution in [2.75, 3.05) is 44.2 Å². The molecule has 0 saturated carbocycles. The molecule has 2 fully saturated rings. The maximum atomic E-state index is 11.8. The minimum atomic E-state index is 0.0776. The van der Waals surface area contributed by atoms with Crippen LogP contribution in [0.15, 0.2) is 41.4 Å². The van der Waals surface area contributed by atoms with Gasteiger partial charge in [0.05, 0.1) is 6.54 Å². The van der Waals surface area contributed by atoms with Crippen molar-refractivity contribution in [1.82, 2.24) is 15.5 Å². The van der Waals surface area contributed by atoms with Crippen molar-refractivity contribution >= 4 is 17.6 Å². The number of aliphatic imine (C=N–C) groups is 1. The molecule has 3 heterocycles. The van der Waals surface area contributed by atoms with E-state index in [0.29, 0.717) is 13.0 Å². The maximum absolute atomic E-state index is 11.8. The molecule has 0 radical (unpaired) electrons. The number of carbonyl (C=O) groups excluding carboxylic acids is 1. The Morgan fingerprint density at radius 3 is 2.93 bits per heavy atom. The topological polar surface area (TPSA) is 60.0 Å². The van der Waals surface area contributed by atoms with Crippen LogP contribution in [0.1, 0.15) is 31.7 Å². The Hall–Kier alpha value is -2.50. The molecule has 4 rings (SSSR count). The molecule has 1 unspecified atom stereocenters. The number of nitrogens with one attached hydrogen (secondary N) is 2. The third-order valence-electron chi connectivity index (χ3n) is 6.00. The fraction of sp³-hybridized carbons (Fsp3) is 0.545. The molecule has 1 aromatic rings. The van der Waals surface area contributed by atoms with Gasteiger partial charge in [-0.05, 0) is 37.5 Å². The first-order chi connectivity index (χ1) is 13.7. The predicted octanol–water partition coefficient (Wildman–Crippen LogP) is 2.13. The van der Waals surface area contributed by atoms with Crippen LogP contribution in [0.4, 0.5) is 5.69 Å². The van der Waals surface area contributed by atoms with Gasteiger partial charge in [-0.3, -0.25) is 4.79 Å². The SMILES string of the molecule is CCNC(=NCc1cccc(N2CC=CC2)c1)N1CCCC2(CNC(=O)C2)C1. The number of piperidine rings is 1. The zero-order valence-electron chi connectivity index (χ0n) is 16.8. The Kier molecular flexibility index (Phi) is 5.55. The molecule has 6 nitrogen and oxygen atoms in total. The molecule has 0 aromatic heterocycles. The number of benzene rings is 1. The van der Waals surface area contributed by atoms with Gasteiger partial charge >= 0.3 is 0 Å². The number of carbonyl (C=O) groups is 1. The summed E-state index contributed by atoms with van der Waals surface area (Å²) < 4.78 is 0. The average Bonchev–Trinajstić information content (AvgIpc) is 3.36. The van der Waals surface area contributed by atoms with Gasteiger partial charge in [0.15, 0.2) is 5.96 Å². The number of hydrogen-bond donors (Lipinski definition) is 2. The third kappa shape index (κ3) is 4.16. The number of anilines is 1. The van der Waals surface area contributed by atoms with E-state index in [1.807, 2.05) is 0 Å². The first-order valence-electron chi connectivity index (χ1n) is 10.5. The van der Waals surface area contributed by atoms with E-state index in [-0.39, 0.29) is 11.3 Å². The Morgan fingerprint density at radius 1 is 1.32 bits per heavy atom. The molecule has 3 aliphatic heterocycles. The van der Waals surface area contributed by atoms with Crippen LogP contribution in [-0.2, 0) is 11.3 Å². The molecular formula is C22H31N5O. The summed E-state index contributed by atoms with van der Waals surface area (Å²) in [6, 6.07) is 8.69. The third-order valence-corrected chi connectivity index (χ3v) is 6.00. The summed E-state index contributed by atoms with van der Waals surface area (Å²) >= 11 is 0. The Balaban J connectivity index is 1.46. The van der Waals surface area contributed by atoms with Crippen molar-refractivity contribution in [3.05, 3.63) is 42.0 Å². The van der Waals surface area contributed by atoms with Crippen LogP contribution < -0.4 is 15.5 Å².